The second-order valence-electron chi connectivity index (χ2n) is 4.95. The van der Waals surface area contributed by atoms with E-state index in [4.69, 9.17) is 5.26 Å². The highest BCUT2D eigenvalue weighted by molar-refractivity contribution is 5.52. The second kappa shape index (κ2) is 6.23. The van der Waals surface area contributed by atoms with Crippen LogP contribution in [0.2, 0.25) is 0 Å². The van der Waals surface area contributed by atoms with Crippen LogP contribution >= 0.6 is 0 Å². The van der Waals surface area contributed by atoms with Crippen molar-refractivity contribution in [3.63, 3.8) is 0 Å². The van der Waals surface area contributed by atoms with Crippen LogP contribution in [-0.4, -0.2) is 46.1 Å². The Morgan fingerprint density at radius 1 is 1.09 bits per heavy atom. The van der Waals surface area contributed by atoms with Crippen molar-refractivity contribution in [2.45, 2.75) is 0 Å². The molecule has 2 aromatic heterocycles. The summed E-state index contributed by atoms with van der Waals surface area (Å²) in [6.45, 7) is 2.72. The molecule has 0 unspecified atom stereocenters. The Bertz CT molecular complexity index is 748. The van der Waals surface area contributed by atoms with Gasteiger partial charge in [-0.25, -0.2) is 15.0 Å². The monoisotopic (exact) mass is 311 g/mol. The van der Waals surface area contributed by atoms with Gasteiger partial charge >= 0.3 is 0 Å². The molecule has 2 aromatic rings. The van der Waals surface area contributed by atoms with Crippen molar-refractivity contribution in [3.8, 4) is 6.07 Å². The summed E-state index contributed by atoms with van der Waals surface area (Å²) in [4.78, 5) is 26.6. The van der Waals surface area contributed by atoms with Crippen molar-refractivity contribution >= 4 is 17.3 Å². The number of nitrogens with zero attached hydrogens (tertiary/aromatic N) is 7. The van der Waals surface area contributed by atoms with Gasteiger partial charge in [0.25, 0.3) is 5.69 Å². The van der Waals surface area contributed by atoms with E-state index in [1.165, 1.54) is 18.5 Å². The Morgan fingerprint density at radius 2 is 1.78 bits per heavy atom. The summed E-state index contributed by atoms with van der Waals surface area (Å²) < 4.78 is 0. The lowest BCUT2D eigenvalue weighted by Crippen LogP contribution is -2.47. The molecule has 0 aromatic carbocycles. The van der Waals surface area contributed by atoms with Gasteiger partial charge in [0.15, 0.2) is 11.5 Å². The fourth-order valence-electron chi connectivity index (χ4n) is 2.46. The van der Waals surface area contributed by atoms with Crippen LogP contribution in [0.1, 0.15) is 5.69 Å². The van der Waals surface area contributed by atoms with Gasteiger partial charge in [0.1, 0.15) is 18.1 Å². The van der Waals surface area contributed by atoms with Crippen LogP contribution in [-0.2, 0) is 0 Å². The first-order valence-electron chi connectivity index (χ1n) is 7.00. The topological polar surface area (TPSA) is 112 Å². The molecule has 3 rings (SSSR count). The molecule has 0 atom stereocenters. The van der Waals surface area contributed by atoms with Crippen LogP contribution in [0.15, 0.2) is 30.7 Å². The molecule has 0 radical (unpaired) electrons. The van der Waals surface area contributed by atoms with E-state index in [1.54, 1.807) is 12.3 Å². The molecule has 0 saturated carbocycles. The summed E-state index contributed by atoms with van der Waals surface area (Å²) in [5, 5.41) is 19.8. The Labute approximate surface area is 132 Å². The number of pyridine rings is 1. The van der Waals surface area contributed by atoms with Crippen molar-refractivity contribution in [3.05, 3.63) is 46.5 Å². The normalized spacial score (nSPS) is 14.4. The van der Waals surface area contributed by atoms with Gasteiger partial charge in [-0.3, -0.25) is 10.1 Å². The summed E-state index contributed by atoms with van der Waals surface area (Å²) in [5.74, 6) is 1.29. The van der Waals surface area contributed by atoms with Gasteiger partial charge in [-0.1, -0.05) is 0 Å². The molecule has 1 aliphatic heterocycles. The Balaban J connectivity index is 1.69. The highest BCUT2D eigenvalue weighted by atomic mass is 16.6. The van der Waals surface area contributed by atoms with Crippen molar-refractivity contribution in [1.29, 1.82) is 5.26 Å². The lowest BCUT2D eigenvalue weighted by atomic mass is 10.2. The summed E-state index contributed by atoms with van der Waals surface area (Å²) in [6, 6.07) is 5.15. The predicted molar refractivity (Wildman–Crippen MR) is 82.1 cm³/mol. The fraction of sp³-hybridized carbons (Fsp3) is 0.286. The molecule has 0 spiro atoms. The SMILES string of the molecule is N#Cc1nccnc1N1CCN(c2ccc([N+](=O)[O-])cn2)CC1. The molecular formula is C14H13N7O2. The molecule has 1 fully saturated rings. The first-order valence-corrected chi connectivity index (χ1v) is 7.00. The molecule has 0 N–H and O–H groups in total. The second-order valence-corrected chi connectivity index (χ2v) is 4.95. The van der Waals surface area contributed by atoms with Crippen molar-refractivity contribution in [2.24, 2.45) is 0 Å². The largest absolute Gasteiger partial charge is 0.353 e. The van der Waals surface area contributed by atoms with Gasteiger partial charge in [0.2, 0.25) is 0 Å². The molecule has 3 heterocycles. The third-order valence-electron chi connectivity index (χ3n) is 3.63. The minimum absolute atomic E-state index is 0.0226. The van der Waals surface area contributed by atoms with Crippen molar-refractivity contribution < 1.29 is 4.92 Å². The first-order chi connectivity index (χ1) is 11.2. The van der Waals surface area contributed by atoms with Crippen LogP contribution in [0.25, 0.3) is 0 Å². The van der Waals surface area contributed by atoms with E-state index in [9.17, 15) is 10.1 Å². The lowest BCUT2D eigenvalue weighted by Gasteiger charge is -2.36. The molecular weight excluding hydrogens is 298 g/mol. The van der Waals surface area contributed by atoms with Crippen LogP contribution < -0.4 is 9.80 Å². The maximum atomic E-state index is 10.7. The van der Waals surface area contributed by atoms with E-state index in [0.717, 1.165) is 0 Å². The van der Waals surface area contributed by atoms with Gasteiger partial charge in [-0.2, -0.15) is 5.26 Å². The minimum atomic E-state index is -0.466. The smallest absolute Gasteiger partial charge is 0.287 e. The van der Waals surface area contributed by atoms with Crippen LogP contribution in [0, 0.1) is 21.4 Å². The van der Waals surface area contributed by atoms with E-state index >= 15 is 0 Å². The standard InChI is InChI=1S/C14H13N7O2/c15-9-12-14(17-4-3-16-12)20-7-5-19(6-8-20)13-2-1-11(10-18-13)21(22)23/h1-4,10H,5-8H2. The summed E-state index contributed by atoms with van der Waals surface area (Å²) in [7, 11) is 0. The van der Waals surface area contributed by atoms with Gasteiger partial charge in [0, 0.05) is 44.6 Å². The number of piperazine rings is 1. The Kier molecular flexibility index (Phi) is 3.97. The molecule has 23 heavy (non-hydrogen) atoms. The highest BCUT2D eigenvalue weighted by Crippen LogP contribution is 2.20. The van der Waals surface area contributed by atoms with Gasteiger partial charge < -0.3 is 9.80 Å². The summed E-state index contributed by atoms with van der Waals surface area (Å²) in [6.07, 6.45) is 4.33. The average molecular weight is 311 g/mol. The van der Waals surface area contributed by atoms with Crippen LogP contribution in [0.4, 0.5) is 17.3 Å². The molecule has 0 aliphatic carbocycles. The molecule has 0 amide bonds. The minimum Gasteiger partial charge on any atom is -0.353 e. The number of hydrogen-bond donors (Lipinski definition) is 0. The predicted octanol–water partition coefficient (Wildman–Crippen LogP) is 0.978. The summed E-state index contributed by atoms with van der Waals surface area (Å²) in [5.41, 5.74) is 0.292. The third-order valence-corrected chi connectivity index (χ3v) is 3.63. The molecule has 116 valence electrons. The zero-order valence-electron chi connectivity index (χ0n) is 12.2. The maximum Gasteiger partial charge on any atom is 0.287 e. The lowest BCUT2D eigenvalue weighted by molar-refractivity contribution is -0.385. The molecule has 1 saturated heterocycles. The zero-order chi connectivity index (χ0) is 16.2. The molecule has 1 aliphatic rings. The van der Waals surface area contributed by atoms with E-state index in [1.807, 2.05) is 15.9 Å². The average Bonchev–Trinajstić information content (AvgIpc) is 2.62. The maximum absolute atomic E-state index is 10.7. The first kappa shape index (κ1) is 14.6. The number of nitriles is 1. The third kappa shape index (κ3) is 3.01. The Morgan fingerprint density at radius 3 is 2.39 bits per heavy atom. The van der Waals surface area contributed by atoms with E-state index in [2.05, 4.69) is 15.0 Å². The van der Waals surface area contributed by atoms with Crippen LogP contribution in [0.5, 0.6) is 0 Å². The number of hydrogen-bond acceptors (Lipinski definition) is 8. The highest BCUT2D eigenvalue weighted by Gasteiger charge is 2.22. The number of anilines is 2. The van der Waals surface area contributed by atoms with Crippen molar-refractivity contribution in [1.82, 2.24) is 15.0 Å². The van der Waals surface area contributed by atoms with E-state index in [0.29, 0.717) is 43.5 Å². The summed E-state index contributed by atoms with van der Waals surface area (Å²) >= 11 is 0. The van der Waals surface area contributed by atoms with Gasteiger partial charge in [-0.15, -0.1) is 0 Å². The quantitative estimate of drug-likeness (QED) is 0.609. The van der Waals surface area contributed by atoms with E-state index in [-0.39, 0.29) is 5.69 Å². The zero-order valence-corrected chi connectivity index (χ0v) is 12.2. The molecule has 9 heteroatoms. The van der Waals surface area contributed by atoms with Gasteiger partial charge in [0.05, 0.1) is 4.92 Å². The Hall–Kier alpha value is -3.28. The molecule has 0 bridgehead atoms. The van der Waals surface area contributed by atoms with E-state index < -0.39 is 4.92 Å². The molecule has 9 nitrogen and oxygen atoms in total. The van der Waals surface area contributed by atoms with Crippen LogP contribution in [0.3, 0.4) is 0 Å². The number of aromatic nitrogens is 3. The van der Waals surface area contributed by atoms with Crippen molar-refractivity contribution in [2.75, 3.05) is 36.0 Å². The number of nitro groups is 1. The van der Waals surface area contributed by atoms with Gasteiger partial charge in [-0.05, 0) is 6.07 Å². The fourth-order valence-corrected chi connectivity index (χ4v) is 2.46. The number of rotatable bonds is 3.